The highest BCUT2D eigenvalue weighted by atomic mass is 35.5. The van der Waals surface area contributed by atoms with E-state index in [9.17, 15) is 0 Å². The van der Waals surface area contributed by atoms with Crippen molar-refractivity contribution in [2.45, 2.75) is 0 Å². The van der Waals surface area contributed by atoms with Crippen LogP contribution in [0.4, 0.5) is 5.69 Å². The van der Waals surface area contributed by atoms with E-state index >= 15 is 0 Å². The van der Waals surface area contributed by atoms with Crippen LogP contribution in [-0.2, 0) is 0 Å². The molecule has 0 amide bonds. The molecule has 0 radical (unpaired) electrons. The van der Waals surface area contributed by atoms with Gasteiger partial charge in [0.15, 0.2) is 0 Å². The molecule has 1 aliphatic rings. The van der Waals surface area contributed by atoms with Crippen molar-refractivity contribution in [3.63, 3.8) is 0 Å². The van der Waals surface area contributed by atoms with Crippen LogP contribution in [0.25, 0.3) is 6.08 Å². The number of halogens is 1. The van der Waals surface area contributed by atoms with Gasteiger partial charge in [-0.2, -0.15) is 0 Å². The minimum Gasteiger partial charge on any atom is -0.495 e. The van der Waals surface area contributed by atoms with Gasteiger partial charge in [-0.25, -0.2) is 0 Å². The van der Waals surface area contributed by atoms with E-state index in [0.29, 0.717) is 0 Å². The molecule has 0 bridgehead atoms. The van der Waals surface area contributed by atoms with Gasteiger partial charge >= 0.3 is 0 Å². The molecule has 0 aliphatic carbocycles. The topological polar surface area (TPSA) is 12.5 Å². The molecule has 0 saturated carbocycles. The first kappa shape index (κ1) is 15.4. The second-order valence-corrected chi connectivity index (χ2v) is 6.98. The Hall–Kier alpha value is -1.49. The lowest BCUT2D eigenvalue weighted by Gasteiger charge is -2.19. The van der Waals surface area contributed by atoms with E-state index in [2.05, 4.69) is 11.0 Å². The predicted octanol–water partition coefficient (Wildman–Crippen LogP) is 5.23. The summed E-state index contributed by atoms with van der Waals surface area (Å²) < 4.78 is 6.27. The monoisotopic (exact) mass is 347 g/mol. The molecule has 2 nitrogen and oxygen atoms in total. The Labute approximate surface area is 144 Å². The number of thioether (sulfide) groups is 1. The van der Waals surface area contributed by atoms with Crippen molar-refractivity contribution < 1.29 is 4.74 Å². The minimum atomic E-state index is 0.743. The number of nitrogens with zero attached hydrogens (tertiary/aromatic N) is 1. The number of benzene rings is 2. The quantitative estimate of drug-likeness (QED) is 0.704. The van der Waals surface area contributed by atoms with Crippen molar-refractivity contribution in [3.05, 3.63) is 64.0 Å². The second-order valence-electron chi connectivity index (χ2n) is 4.79. The summed E-state index contributed by atoms with van der Waals surface area (Å²) in [6, 6.07) is 15.7. The first-order valence-corrected chi connectivity index (χ1v) is 8.36. The third kappa shape index (κ3) is 3.29. The van der Waals surface area contributed by atoms with E-state index in [4.69, 9.17) is 28.6 Å². The lowest BCUT2D eigenvalue weighted by atomic mass is 10.2. The van der Waals surface area contributed by atoms with E-state index in [0.717, 1.165) is 32.9 Å². The van der Waals surface area contributed by atoms with Crippen LogP contribution in [0.5, 0.6) is 5.75 Å². The van der Waals surface area contributed by atoms with Gasteiger partial charge in [-0.05, 0) is 35.9 Å². The minimum absolute atomic E-state index is 0.743. The zero-order valence-corrected chi connectivity index (χ0v) is 14.3. The van der Waals surface area contributed by atoms with Crippen molar-refractivity contribution in [2.75, 3.05) is 18.6 Å². The normalized spacial score (nSPS) is 16.4. The SMILES string of the molecule is COc1ccccc1N1CC(=Cc2ccc(Cl)cc2)SC1=S. The van der Waals surface area contributed by atoms with Gasteiger partial charge in [0.1, 0.15) is 10.1 Å². The van der Waals surface area contributed by atoms with Crippen molar-refractivity contribution in [2.24, 2.45) is 0 Å². The summed E-state index contributed by atoms with van der Waals surface area (Å²) in [6.07, 6.45) is 2.14. The number of rotatable bonds is 3. The Kier molecular flexibility index (Phi) is 4.71. The Morgan fingerprint density at radius 1 is 1.18 bits per heavy atom. The van der Waals surface area contributed by atoms with Gasteiger partial charge in [-0.3, -0.25) is 0 Å². The summed E-state index contributed by atoms with van der Waals surface area (Å²) >= 11 is 13.1. The maximum atomic E-state index is 5.92. The van der Waals surface area contributed by atoms with Crippen LogP contribution in [0.15, 0.2) is 53.4 Å². The first-order valence-electron chi connectivity index (χ1n) is 6.76. The lowest BCUT2D eigenvalue weighted by molar-refractivity contribution is 0.416. The number of hydrogen-bond donors (Lipinski definition) is 0. The van der Waals surface area contributed by atoms with Crippen molar-refractivity contribution in [3.8, 4) is 5.75 Å². The van der Waals surface area contributed by atoms with E-state index in [1.807, 2.05) is 48.5 Å². The van der Waals surface area contributed by atoms with Crippen LogP contribution >= 0.6 is 35.6 Å². The van der Waals surface area contributed by atoms with Crippen molar-refractivity contribution in [1.29, 1.82) is 0 Å². The van der Waals surface area contributed by atoms with Crippen LogP contribution in [-0.4, -0.2) is 18.0 Å². The smallest absolute Gasteiger partial charge is 0.145 e. The molecule has 3 rings (SSSR count). The lowest BCUT2D eigenvalue weighted by Crippen LogP contribution is -2.22. The number of anilines is 1. The Bertz CT molecular complexity index is 728. The number of ether oxygens (including phenoxy) is 1. The van der Waals surface area contributed by atoms with Gasteiger partial charge in [-0.15, -0.1) is 0 Å². The fraction of sp³-hybridized carbons (Fsp3) is 0.118. The maximum absolute atomic E-state index is 5.92. The van der Waals surface area contributed by atoms with Crippen molar-refractivity contribution >= 4 is 51.7 Å². The fourth-order valence-electron chi connectivity index (χ4n) is 2.28. The molecular weight excluding hydrogens is 334 g/mol. The fourth-order valence-corrected chi connectivity index (χ4v) is 3.77. The molecule has 1 saturated heterocycles. The predicted molar refractivity (Wildman–Crippen MR) is 100.0 cm³/mol. The molecule has 112 valence electrons. The Balaban J connectivity index is 1.85. The first-order chi connectivity index (χ1) is 10.7. The molecule has 0 unspecified atom stereocenters. The highest BCUT2D eigenvalue weighted by Gasteiger charge is 2.25. The standard InChI is InChI=1S/C17H14ClNOS2/c1-20-16-5-3-2-4-15(16)19-11-14(22-17(19)21)10-12-6-8-13(18)9-7-12/h2-10H,11H2,1H3. The van der Waals surface area contributed by atoms with E-state index in [1.54, 1.807) is 18.9 Å². The van der Waals surface area contributed by atoms with E-state index < -0.39 is 0 Å². The van der Waals surface area contributed by atoms with Gasteiger partial charge < -0.3 is 9.64 Å². The third-order valence-electron chi connectivity index (χ3n) is 3.33. The van der Waals surface area contributed by atoms with Crippen LogP contribution in [0, 0.1) is 0 Å². The Morgan fingerprint density at radius 3 is 2.64 bits per heavy atom. The largest absolute Gasteiger partial charge is 0.495 e. The zero-order chi connectivity index (χ0) is 15.5. The van der Waals surface area contributed by atoms with Gasteiger partial charge in [0.25, 0.3) is 0 Å². The molecule has 0 atom stereocenters. The Morgan fingerprint density at radius 2 is 1.91 bits per heavy atom. The molecule has 1 heterocycles. The van der Waals surface area contributed by atoms with Gasteiger partial charge in [0.2, 0.25) is 0 Å². The molecule has 1 aliphatic heterocycles. The molecule has 22 heavy (non-hydrogen) atoms. The summed E-state index contributed by atoms with van der Waals surface area (Å²) in [6.45, 7) is 0.756. The second kappa shape index (κ2) is 6.73. The van der Waals surface area contributed by atoms with Gasteiger partial charge in [0, 0.05) is 9.93 Å². The van der Waals surface area contributed by atoms with E-state index in [1.165, 1.54) is 4.91 Å². The molecule has 2 aromatic carbocycles. The molecule has 1 fully saturated rings. The number of para-hydroxylation sites is 2. The highest BCUT2D eigenvalue weighted by Crippen LogP contribution is 2.38. The molecule has 0 spiro atoms. The van der Waals surface area contributed by atoms with Crippen LogP contribution < -0.4 is 9.64 Å². The number of hydrogen-bond acceptors (Lipinski definition) is 3. The van der Waals surface area contributed by atoms with Gasteiger partial charge in [-0.1, -0.05) is 59.8 Å². The average Bonchev–Trinajstić information content (AvgIpc) is 2.90. The van der Waals surface area contributed by atoms with Crippen LogP contribution in [0.2, 0.25) is 5.02 Å². The third-order valence-corrected chi connectivity index (χ3v) is 4.95. The molecular formula is C17H14ClNOS2. The maximum Gasteiger partial charge on any atom is 0.145 e. The van der Waals surface area contributed by atoms with E-state index in [-0.39, 0.29) is 0 Å². The summed E-state index contributed by atoms with van der Waals surface area (Å²) in [4.78, 5) is 3.30. The molecule has 2 aromatic rings. The van der Waals surface area contributed by atoms with Gasteiger partial charge in [0.05, 0.1) is 19.3 Å². The van der Waals surface area contributed by atoms with Crippen LogP contribution in [0.3, 0.4) is 0 Å². The van der Waals surface area contributed by atoms with Crippen LogP contribution in [0.1, 0.15) is 5.56 Å². The zero-order valence-electron chi connectivity index (χ0n) is 12.0. The summed E-state index contributed by atoms with van der Waals surface area (Å²) in [7, 11) is 1.68. The summed E-state index contributed by atoms with van der Waals surface area (Å²) in [5.74, 6) is 0.832. The number of thiocarbonyl (C=S) groups is 1. The summed E-state index contributed by atoms with van der Waals surface area (Å²) in [5.41, 5.74) is 2.12. The average molecular weight is 348 g/mol. The highest BCUT2D eigenvalue weighted by molar-refractivity contribution is 8.26. The molecule has 0 aromatic heterocycles. The molecule has 0 N–H and O–H groups in total. The summed E-state index contributed by atoms with van der Waals surface area (Å²) in [5, 5.41) is 0.743. The van der Waals surface area contributed by atoms with Crippen molar-refractivity contribution in [1.82, 2.24) is 0 Å². The molecule has 5 heteroatoms. The number of methoxy groups -OCH3 is 1.